The van der Waals surface area contributed by atoms with Gasteiger partial charge in [0, 0.05) is 5.69 Å². The topological polar surface area (TPSA) is 101 Å². The van der Waals surface area contributed by atoms with Gasteiger partial charge in [0.15, 0.2) is 0 Å². The van der Waals surface area contributed by atoms with Crippen molar-refractivity contribution in [1.29, 1.82) is 0 Å². The quantitative estimate of drug-likeness (QED) is 0.690. The molecule has 0 aliphatic carbocycles. The number of primary amides is 1. The Hall–Kier alpha value is -1.50. The fourth-order valence-corrected chi connectivity index (χ4v) is 2.43. The van der Waals surface area contributed by atoms with Crippen LogP contribution in [0.3, 0.4) is 0 Å². The molecule has 0 saturated heterocycles. The monoisotopic (exact) mass is 332 g/mol. The van der Waals surface area contributed by atoms with E-state index in [1.165, 1.54) is 12.1 Å². The summed E-state index contributed by atoms with van der Waals surface area (Å²) in [5.41, 5.74) is 11.5. The summed E-state index contributed by atoms with van der Waals surface area (Å²) >= 11 is 12.0. The highest BCUT2D eigenvalue weighted by molar-refractivity contribution is 6.40. The fraction of sp³-hybridized carbons (Fsp3) is 0.385. The lowest BCUT2D eigenvalue weighted by molar-refractivity contribution is -0.123. The van der Waals surface area contributed by atoms with E-state index in [1.54, 1.807) is 11.8 Å². The van der Waals surface area contributed by atoms with Gasteiger partial charge in [-0.2, -0.15) is 0 Å². The number of nitrogen functional groups attached to an aromatic ring is 1. The summed E-state index contributed by atoms with van der Waals surface area (Å²) in [5.74, 6) is -0.841. The van der Waals surface area contributed by atoms with Gasteiger partial charge in [-0.05, 0) is 25.6 Å². The number of benzene rings is 1. The van der Waals surface area contributed by atoms with Crippen LogP contribution in [0.25, 0.3) is 0 Å². The molecule has 116 valence electrons. The molecule has 8 heteroatoms. The van der Waals surface area contributed by atoms with Crippen molar-refractivity contribution in [3.05, 3.63) is 22.2 Å². The molecular formula is C13H18Cl2N4O2. The highest BCUT2D eigenvalue weighted by Crippen LogP contribution is 2.32. The van der Waals surface area contributed by atoms with E-state index in [1.807, 2.05) is 6.92 Å². The van der Waals surface area contributed by atoms with Gasteiger partial charge in [-0.3, -0.25) is 14.5 Å². The zero-order chi connectivity index (χ0) is 16.2. The number of rotatable bonds is 6. The second kappa shape index (κ2) is 7.49. The predicted molar refractivity (Wildman–Crippen MR) is 85.4 cm³/mol. The summed E-state index contributed by atoms with van der Waals surface area (Å²) in [4.78, 5) is 24.9. The first-order chi connectivity index (χ1) is 9.76. The van der Waals surface area contributed by atoms with Crippen LogP contribution >= 0.6 is 23.2 Å². The van der Waals surface area contributed by atoms with E-state index in [-0.39, 0.29) is 22.5 Å². The fourth-order valence-electron chi connectivity index (χ4n) is 1.83. The van der Waals surface area contributed by atoms with Crippen LogP contribution in [0.2, 0.25) is 10.0 Å². The molecule has 0 saturated carbocycles. The number of carbonyl (C=O) groups excluding carboxylic acids is 2. The Balaban J connectivity index is 2.88. The molecule has 1 rings (SSSR count). The van der Waals surface area contributed by atoms with Gasteiger partial charge < -0.3 is 16.8 Å². The van der Waals surface area contributed by atoms with Crippen molar-refractivity contribution in [2.45, 2.75) is 19.9 Å². The maximum absolute atomic E-state index is 12.2. The summed E-state index contributed by atoms with van der Waals surface area (Å²) in [5, 5.41) is 3.14. The summed E-state index contributed by atoms with van der Waals surface area (Å²) < 4.78 is 0. The Kier molecular flexibility index (Phi) is 6.26. The normalized spacial score (nSPS) is 12.2. The van der Waals surface area contributed by atoms with E-state index in [9.17, 15) is 9.59 Å². The average molecular weight is 333 g/mol. The molecule has 0 radical (unpaired) electrons. The standard InChI is InChI=1S/C13H18Cl2N4O2/c1-3-19(6-11(17)20)7(2)13(21)18-12-9(14)4-8(16)5-10(12)15/h4-5,7H,3,6,16H2,1-2H3,(H2,17,20)(H,18,21). The second-order valence-corrected chi connectivity index (χ2v) is 5.37. The van der Waals surface area contributed by atoms with Gasteiger partial charge in [-0.1, -0.05) is 30.1 Å². The molecule has 0 aromatic heterocycles. The number of halogens is 2. The predicted octanol–water partition coefficient (Wildman–Crippen LogP) is 1.71. The Morgan fingerprint density at radius 1 is 1.33 bits per heavy atom. The molecule has 0 aliphatic rings. The van der Waals surface area contributed by atoms with Gasteiger partial charge in [0.1, 0.15) is 0 Å². The number of nitrogens with zero attached hydrogens (tertiary/aromatic N) is 1. The summed E-state index contributed by atoms with van der Waals surface area (Å²) in [7, 11) is 0. The average Bonchev–Trinajstić information content (AvgIpc) is 2.38. The minimum atomic E-state index is -0.563. The van der Waals surface area contributed by atoms with Crippen molar-refractivity contribution in [3.8, 4) is 0 Å². The highest BCUT2D eigenvalue weighted by atomic mass is 35.5. The third-order valence-corrected chi connectivity index (χ3v) is 3.60. The van der Waals surface area contributed by atoms with E-state index in [0.29, 0.717) is 17.9 Å². The zero-order valence-electron chi connectivity index (χ0n) is 11.8. The summed E-state index contributed by atoms with van der Waals surface area (Å²) in [6, 6.07) is 2.43. The van der Waals surface area contributed by atoms with E-state index in [2.05, 4.69) is 5.32 Å². The van der Waals surface area contributed by atoms with Crippen molar-refractivity contribution >= 4 is 46.4 Å². The molecule has 0 spiro atoms. The number of carbonyl (C=O) groups is 2. The maximum atomic E-state index is 12.2. The molecule has 21 heavy (non-hydrogen) atoms. The molecule has 1 aromatic rings. The molecule has 0 heterocycles. The molecule has 2 amide bonds. The van der Waals surface area contributed by atoms with Gasteiger partial charge in [-0.25, -0.2) is 0 Å². The molecule has 1 unspecified atom stereocenters. The SMILES string of the molecule is CCN(CC(N)=O)C(C)C(=O)Nc1c(Cl)cc(N)cc1Cl. The molecule has 6 nitrogen and oxygen atoms in total. The molecule has 1 atom stereocenters. The highest BCUT2D eigenvalue weighted by Gasteiger charge is 2.22. The summed E-state index contributed by atoms with van der Waals surface area (Å²) in [6.45, 7) is 3.99. The van der Waals surface area contributed by atoms with Crippen molar-refractivity contribution in [2.24, 2.45) is 5.73 Å². The van der Waals surface area contributed by atoms with Crippen molar-refractivity contribution in [2.75, 3.05) is 24.1 Å². The molecule has 0 bridgehead atoms. The van der Waals surface area contributed by atoms with E-state index >= 15 is 0 Å². The Morgan fingerprint density at radius 3 is 2.29 bits per heavy atom. The lowest BCUT2D eigenvalue weighted by atomic mass is 10.2. The zero-order valence-corrected chi connectivity index (χ0v) is 13.3. The van der Waals surface area contributed by atoms with Crippen LogP contribution < -0.4 is 16.8 Å². The van der Waals surface area contributed by atoms with Crippen LogP contribution in [0.5, 0.6) is 0 Å². The molecular weight excluding hydrogens is 315 g/mol. The van der Waals surface area contributed by atoms with Gasteiger partial charge in [0.2, 0.25) is 11.8 Å². The van der Waals surface area contributed by atoms with E-state index in [4.69, 9.17) is 34.7 Å². The third-order valence-electron chi connectivity index (χ3n) is 3.00. The summed E-state index contributed by atoms with van der Waals surface area (Å²) in [6.07, 6.45) is 0. The largest absolute Gasteiger partial charge is 0.399 e. The molecule has 0 fully saturated rings. The number of anilines is 2. The Bertz CT molecular complexity index is 528. The van der Waals surface area contributed by atoms with Crippen LogP contribution in [-0.4, -0.2) is 35.8 Å². The van der Waals surface area contributed by atoms with Crippen molar-refractivity contribution in [3.63, 3.8) is 0 Å². The van der Waals surface area contributed by atoms with E-state index < -0.39 is 11.9 Å². The number of hydrogen-bond donors (Lipinski definition) is 3. The number of hydrogen-bond acceptors (Lipinski definition) is 4. The third kappa shape index (κ3) is 4.77. The number of nitrogens with two attached hydrogens (primary N) is 2. The van der Waals surface area contributed by atoms with Crippen molar-refractivity contribution in [1.82, 2.24) is 4.90 Å². The second-order valence-electron chi connectivity index (χ2n) is 4.55. The van der Waals surface area contributed by atoms with Crippen LogP contribution in [0.15, 0.2) is 12.1 Å². The smallest absolute Gasteiger partial charge is 0.241 e. The van der Waals surface area contributed by atoms with Crippen LogP contribution in [0, 0.1) is 0 Å². The van der Waals surface area contributed by atoms with E-state index in [0.717, 1.165) is 0 Å². The van der Waals surface area contributed by atoms with Gasteiger partial charge in [-0.15, -0.1) is 0 Å². The Morgan fingerprint density at radius 2 is 1.86 bits per heavy atom. The number of likely N-dealkylation sites (N-methyl/N-ethyl adjacent to an activating group) is 1. The first-order valence-corrected chi connectivity index (χ1v) is 7.09. The lowest BCUT2D eigenvalue weighted by Crippen LogP contribution is -2.45. The lowest BCUT2D eigenvalue weighted by Gasteiger charge is -2.25. The maximum Gasteiger partial charge on any atom is 0.241 e. The van der Waals surface area contributed by atoms with Crippen LogP contribution in [0.4, 0.5) is 11.4 Å². The minimum Gasteiger partial charge on any atom is -0.399 e. The van der Waals surface area contributed by atoms with Crippen molar-refractivity contribution < 1.29 is 9.59 Å². The first kappa shape index (κ1) is 17.6. The van der Waals surface area contributed by atoms with Crippen LogP contribution in [0.1, 0.15) is 13.8 Å². The van der Waals surface area contributed by atoms with Gasteiger partial charge in [0.05, 0.1) is 28.3 Å². The van der Waals surface area contributed by atoms with Gasteiger partial charge in [0.25, 0.3) is 0 Å². The molecule has 5 N–H and O–H groups in total. The van der Waals surface area contributed by atoms with Crippen LogP contribution in [-0.2, 0) is 9.59 Å². The number of amides is 2. The Labute approximate surface area is 133 Å². The number of nitrogens with one attached hydrogen (secondary N) is 1. The minimum absolute atomic E-state index is 0.00567. The molecule has 0 aliphatic heterocycles. The first-order valence-electron chi connectivity index (χ1n) is 6.34. The molecule has 1 aromatic carbocycles. The van der Waals surface area contributed by atoms with Gasteiger partial charge >= 0.3 is 0 Å².